The summed E-state index contributed by atoms with van der Waals surface area (Å²) in [6.45, 7) is 2.35. The number of allylic oxidation sites excluding steroid dienone is 1. The third-order valence-corrected chi connectivity index (χ3v) is 4.70. The number of rotatable bonds is 5. The number of hydrogen-bond acceptors (Lipinski definition) is 1. The molecule has 0 aliphatic heterocycles. The molecule has 0 saturated carbocycles. The summed E-state index contributed by atoms with van der Waals surface area (Å²) in [6.07, 6.45) is 5.12. The van der Waals surface area contributed by atoms with Crippen molar-refractivity contribution in [3.05, 3.63) is 42.5 Å². The summed E-state index contributed by atoms with van der Waals surface area (Å²) < 4.78 is 1.43. The van der Waals surface area contributed by atoms with Crippen molar-refractivity contribution < 1.29 is 5.11 Å². The van der Waals surface area contributed by atoms with E-state index in [4.69, 9.17) is 5.11 Å². The molecule has 14 heavy (non-hydrogen) atoms. The monoisotopic (exact) mass is 256 g/mol. The van der Waals surface area contributed by atoms with Gasteiger partial charge in [-0.3, -0.25) is 0 Å². The molecule has 1 N–H and O–H groups in total. The van der Waals surface area contributed by atoms with Crippen LogP contribution in [0, 0.1) is 0 Å². The van der Waals surface area contributed by atoms with Crippen LogP contribution < -0.4 is 4.46 Å². The molecular weight excluding hydrogens is 239 g/mol. The molecule has 1 nitrogen and oxygen atoms in total. The van der Waals surface area contributed by atoms with E-state index in [1.807, 2.05) is 12.1 Å². The van der Waals surface area contributed by atoms with Crippen molar-refractivity contribution in [2.75, 3.05) is 6.61 Å². The molecule has 0 bridgehead atoms. The van der Waals surface area contributed by atoms with Gasteiger partial charge in [-0.25, -0.2) is 0 Å². The Bertz CT molecular complexity index is 269. The SMILES string of the molecule is CCC(C=CCO)[Se]c1ccccc1. The minimum absolute atomic E-state index is 0.154. The van der Waals surface area contributed by atoms with E-state index in [1.54, 1.807) is 0 Å². The van der Waals surface area contributed by atoms with E-state index >= 15 is 0 Å². The van der Waals surface area contributed by atoms with Gasteiger partial charge in [0.05, 0.1) is 0 Å². The molecule has 1 aromatic rings. The summed E-state index contributed by atoms with van der Waals surface area (Å²) in [6, 6.07) is 10.6. The van der Waals surface area contributed by atoms with Gasteiger partial charge in [0.25, 0.3) is 0 Å². The normalized spacial score (nSPS) is 13.3. The molecule has 0 radical (unpaired) electrons. The third-order valence-electron chi connectivity index (χ3n) is 1.89. The van der Waals surface area contributed by atoms with E-state index < -0.39 is 0 Å². The van der Waals surface area contributed by atoms with Crippen LogP contribution in [-0.2, 0) is 0 Å². The summed E-state index contributed by atoms with van der Waals surface area (Å²) in [5.74, 6) is 0. The second-order valence-electron chi connectivity index (χ2n) is 2.99. The third kappa shape index (κ3) is 4.10. The first-order valence-corrected chi connectivity index (χ1v) is 6.70. The second-order valence-corrected chi connectivity index (χ2v) is 5.74. The van der Waals surface area contributed by atoms with Crippen LogP contribution in [0.3, 0.4) is 0 Å². The van der Waals surface area contributed by atoms with Crippen molar-refractivity contribution in [1.29, 1.82) is 0 Å². The van der Waals surface area contributed by atoms with E-state index in [2.05, 4.69) is 37.3 Å². The Morgan fingerprint density at radius 2 is 2.07 bits per heavy atom. The number of hydrogen-bond donors (Lipinski definition) is 1. The number of aliphatic hydroxyl groups is 1. The molecule has 0 aromatic heterocycles. The molecule has 0 spiro atoms. The first-order chi connectivity index (χ1) is 6.86. The number of aliphatic hydroxyl groups excluding tert-OH is 1. The molecule has 1 unspecified atom stereocenters. The fraction of sp³-hybridized carbons (Fsp3) is 0.333. The van der Waals surface area contributed by atoms with Crippen LogP contribution in [0.15, 0.2) is 42.5 Å². The van der Waals surface area contributed by atoms with Gasteiger partial charge in [0, 0.05) is 0 Å². The quantitative estimate of drug-likeness (QED) is 0.628. The molecule has 76 valence electrons. The summed E-state index contributed by atoms with van der Waals surface area (Å²) in [5, 5.41) is 8.70. The van der Waals surface area contributed by atoms with Crippen molar-refractivity contribution in [1.82, 2.24) is 0 Å². The van der Waals surface area contributed by atoms with E-state index in [0.717, 1.165) is 6.42 Å². The van der Waals surface area contributed by atoms with Gasteiger partial charge in [-0.2, -0.15) is 0 Å². The summed E-state index contributed by atoms with van der Waals surface area (Å²) >= 11 is 0.488. The Labute approximate surface area is 92.0 Å². The van der Waals surface area contributed by atoms with Crippen molar-refractivity contribution in [3.8, 4) is 0 Å². The maximum atomic E-state index is 8.70. The van der Waals surface area contributed by atoms with Crippen LogP contribution >= 0.6 is 0 Å². The van der Waals surface area contributed by atoms with Gasteiger partial charge in [-0.1, -0.05) is 0 Å². The van der Waals surface area contributed by atoms with Crippen LogP contribution in [0.4, 0.5) is 0 Å². The molecular formula is C12H16OSe. The van der Waals surface area contributed by atoms with E-state index in [9.17, 15) is 0 Å². The fourth-order valence-corrected chi connectivity index (χ4v) is 3.29. The van der Waals surface area contributed by atoms with Crippen molar-refractivity contribution in [2.24, 2.45) is 0 Å². The Balaban J connectivity index is 2.53. The van der Waals surface area contributed by atoms with Crippen LogP contribution in [0.25, 0.3) is 0 Å². The molecule has 0 aliphatic carbocycles. The van der Waals surface area contributed by atoms with Crippen molar-refractivity contribution >= 4 is 19.4 Å². The van der Waals surface area contributed by atoms with Crippen LogP contribution in [0.1, 0.15) is 13.3 Å². The first-order valence-electron chi connectivity index (χ1n) is 4.86. The van der Waals surface area contributed by atoms with Crippen LogP contribution in [-0.4, -0.2) is 26.7 Å². The average Bonchev–Trinajstić information content (AvgIpc) is 2.25. The predicted octanol–water partition coefficient (Wildman–Crippen LogP) is 1.76. The molecule has 2 heteroatoms. The fourth-order valence-electron chi connectivity index (χ4n) is 1.15. The maximum absolute atomic E-state index is 8.70. The van der Waals surface area contributed by atoms with Gasteiger partial charge in [-0.15, -0.1) is 0 Å². The van der Waals surface area contributed by atoms with E-state index in [0.29, 0.717) is 19.8 Å². The summed E-state index contributed by atoms with van der Waals surface area (Å²) in [5.41, 5.74) is 0. The molecule has 1 aromatic carbocycles. The average molecular weight is 255 g/mol. The molecule has 0 aliphatic rings. The zero-order chi connectivity index (χ0) is 10.2. The zero-order valence-electron chi connectivity index (χ0n) is 8.39. The Kier molecular flexibility index (Phi) is 5.62. The zero-order valence-corrected chi connectivity index (χ0v) is 10.1. The minimum atomic E-state index is 0.154. The first kappa shape index (κ1) is 11.5. The van der Waals surface area contributed by atoms with E-state index in [-0.39, 0.29) is 6.61 Å². The summed E-state index contributed by atoms with van der Waals surface area (Å²) in [7, 11) is 0. The molecule has 0 heterocycles. The molecule has 1 rings (SSSR count). The van der Waals surface area contributed by atoms with Crippen molar-refractivity contribution in [3.63, 3.8) is 0 Å². The topological polar surface area (TPSA) is 20.2 Å². The predicted molar refractivity (Wildman–Crippen MR) is 62.1 cm³/mol. The Morgan fingerprint density at radius 3 is 2.64 bits per heavy atom. The van der Waals surface area contributed by atoms with Gasteiger partial charge in [-0.05, 0) is 0 Å². The van der Waals surface area contributed by atoms with Gasteiger partial charge in [0.2, 0.25) is 0 Å². The van der Waals surface area contributed by atoms with Crippen molar-refractivity contribution in [2.45, 2.75) is 18.2 Å². The standard InChI is InChI=1S/C12H16OSe/c1-2-11(9-6-10-13)14-12-7-4-3-5-8-12/h3-9,11,13H,2,10H2,1H3. The molecule has 1 atom stereocenters. The van der Waals surface area contributed by atoms with Crippen LogP contribution in [0.5, 0.6) is 0 Å². The van der Waals surface area contributed by atoms with Gasteiger partial charge in [0.1, 0.15) is 0 Å². The summed E-state index contributed by atoms with van der Waals surface area (Å²) in [4.78, 5) is 0.608. The van der Waals surface area contributed by atoms with Gasteiger partial charge in [0.15, 0.2) is 0 Å². The Morgan fingerprint density at radius 1 is 1.36 bits per heavy atom. The Hall–Kier alpha value is -0.561. The second kappa shape index (κ2) is 6.83. The molecule has 0 fully saturated rings. The van der Waals surface area contributed by atoms with E-state index in [1.165, 1.54) is 4.46 Å². The van der Waals surface area contributed by atoms with Gasteiger partial charge >= 0.3 is 91.8 Å². The molecule has 0 amide bonds. The van der Waals surface area contributed by atoms with Gasteiger partial charge < -0.3 is 0 Å². The molecule has 0 saturated heterocycles. The van der Waals surface area contributed by atoms with Crippen LogP contribution in [0.2, 0.25) is 4.82 Å². The number of benzene rings is 1.